The number of esters is 2. The van der Waals surface area contributed by atoms with E-state index in [1.165, 1.54) is 173 Å². The number of phosphoric acid groups is 1. The van der Waals surface area contributed by atoms with Crippen LogP contribution < -0.4 is 0 Å². The Balaban J connectivity index is 3.86. The van der Waals surface area contributed by atoms with Crippen LogP contribution in [-0.4, -0.2) is 41.0 Å². The van der Waals surface area contributed by atoms with E-state index >= 15 is 0 Å². The molecular weight excluding hydrogens is 772 g/mol. The highest BCUT2D eigenvalue weighted by molar-refractivity contribution is 7.46. The van der Waals surface area contributed by atoms with Gasteiger partial charge in [-0.25, -0.2) is 4.57 Å². The maximum absolute atomic E-state index is 12.5. The van der Waals surface area contributed by atoms with Crippen molar-refractivity contribution in [3.05, 3.63) is 36.5 Å². The predicted octanol–water partition coefficient (Wildman–Crippen LogP) is 16.1. The first-order valence-electron chi connectivity index (χ1n) is 25.3. The number of hydrogen-bond donors (Lipinski definition) is 2. The van der Waals surface area contributed by atoms with E-state index < -0.39 is 32.5 Å². The fourth-order valence-electron chi connectivity index (χ4n) is 7.33. The summed E-state index contributed by atoms with van der Waals surface area (Å²) in [6.45, 7) is 3.69. The molecule has 0 saturated heterocycles. The third-order valence-electron chi connectivity index (χ3n) is 11.1. The number of unbranched alkanes of at least 4 members (excludes halogenated alkanes) is 31. The van der Waals surface area contributed by atoms with E-state index in [4.69, 9.17) is 19.3 Å². The van der Waals surface area contributed by atoms with E-state index in [-0.39, 0.29) is 19.4 Å². The van der Waals surface area contributed by atoms with Crippen LogP contribution in [0.2, 0.25) is 0 Å². The molecule has 0 aliphatic heterocycles. The van der Waals surface area contributed by atoms with Crippen molar-refractivity contribution in [1.82, 2.24) is 0 Å². The van der Waals surface area contributed by atoms with Crippen LogP contribution in [0.3, 0.4) is 0 Å². The Kier molecular flexibility index (Phi) is 45.4. The standard InChI is InChI=1S/C51H95O8P/c1-3-5-7-9-11-13-15-17-19-21-23-24-25-26-28-29-31-33-35-37-39-41-43-45-50(52)57-47-49(48-58-60(54,55)56)59-51(53)46-44-42-40-38-36-34-32-30-27-22-20-18-16-14-12-10-8-6-4-2/h18,20,29,31,37,39,49H,3-17,19,21-28,30,32-36,38,40-48H2,1-2H3,(H2,54,55,56)/b20-18+,31-29+,39-37+/t49-/m1/s1. The molecule has 0 aromatic carbocycles. The molecule has 0 saturated carbocycles. The second kappa shape index (κ2) is 46.8. The molecule has 0 unspecified atom stereocenters. The molecule has 0 aromatic heterocycles. The van der Waals surface area contributed by atoms with Crippen molar-refractivity contribution in [2.75, 3.05) is 13.2 Å². The summed E-state index contributed by atoms with van der Waals surface area (Å²) in [6, 6.07) is 0. The van der Waals surface area contributed by atoms with Gasteiger partial charge in [0.05, 0.1) is 6.61 Å². The third kappa shape index (κ3) is 48.9. The SMILES string of the molecule is CCCCCCCC/C=C/CCCCCCCCCCCC(=O)O[C@H](COC(=O)CCC/C=C/CC/C=C/CCCCCCCCCCCCCCCC)COP(=O)(O)O. The molecule has 0 aliphatic rings. The zero-order chi connectivity index (χ0) is 43.9. The van der Waals surface area contributed by atoms with E-state index in [0.717, 1.165) is 44.9 Å². The summed E-state index contributed by atoms with van der Waals surface area (Å²) >= 11 is 0. The van der Waals surface area contributed by atoms with Crippen molar-refractivity contribution in [3.8, 4) is 0 Å². The van der Waals surface area contributed by atoms with Gasteiger partial charge in [0.1, 0.15) is 6.61 Å². The summed E-state index contributed by atoms with van der Waals surface area (Å²) in [4.78, 5) is 43.0. The quantitative estimate of drug-likeness (QED) is 0.0269. The Morgan fingerprint density at radius 1 is 0.417 bits per heavy atom. The zero-order valence-electron chi connectivity index (χ0n) is 39.1. The summed E-state index contributed by atoms with van der Waals surface area (Å²) in [5, 5.41) is 0. The Morgan fingerprint density at radius 2 is 0.733 bits per heavy atom. The van der Waals surface area contributed by atoms with E-state index in [1.807, 2.05) is 0 Å². The average molecular weight is 867 g/mol. The van der Waals surface area contributed by atoms with E-state index in [9.17, 15) is 14.2 Å². The summed E-state index contributed by atoms with van der Waals surface area (Å²) in [7, 11) is -4.77. The summed E-state index contributed by atoms with van der Waals surface area (Å²) in [6.07, 6.45) is 57.5. The lowest BCUT2D eigenvalue weighted by molar-refractivity contribution is -0.161. The highest BCUT2D eigenvalue weighted by atomic mass is 31.2. The lowest BCUT2D eigenvalue weighted by Gasteiger charge is -2.18. The van der Waals surface area contributed by atoms with Crippen molar-refractivity contribution >= 4 is 19.8 Å². The fourth-order valence-corrected chi connectivity index (χ4v) is 7.69. The first kappa shape index (κ1) is 58.3. The summed E-state index contributed by atoms with van der Waals surface area (Å²) in [5.74, 6) is -0.927. The summed E-state index contributed by atoms with van der Waals surface area (Å²) in [5.41, 5.74) is 0. The fraction of sp³-hybridized carbons (Fsp3) is 0.843. The number of hydrogen-bond acceptors (Lipinski definition) is 6. The molecule has 0 rings (SSSR count). The van der Waals surface area contributed by atoms with Gasteiger partial charge in [0, 0.05) is 12.8 Å². The second-order valence-electron chi connectivity index (χ2n) is 17.1. The third-order valence-corrected chi connectivity index (χ3v) is 11.6. The van der Waals surface area contributed by atoms with Crippen LogP contribution in [0.5, 0.6) is 0 Å². The van der Waals surface area contributed by atoms with Crippen molar-refractivity contribution in [2.45, 2.75) is 264 Å². The molecule has 0 fully saturated rings. The van der Waals surface area contributed by atoms with Gasteiger partial charge < -0.3 is 19.3 Å². The molecule has 0 spiro atoms. The highest BCUT2D eigenvalue weighted by Crippen LogP contribution is 2.36. The van der Waals surface area contributed by atoms with Gasteiger partial charge in [0.25, 0.3) is 0 Å². The number of allylic oxidation sites excluding steroid dienone is 6. The molecule has 0 aromatic rings. The van der Waals surface area contributed by atoms with Crippen molar-refractivity contribution < 1.29 is 37.9 Å². The van der Waals surface area contributed by atoms with Crippen LogP contribution in [0.15, 0.2) is 36.5 Å². The molecule has 0 bridgehead atoms. The maximum Gasteiger partial charge on any atom is 0.469 e. The lowest BCUT2D eigenvalue weighted by Crippen LogP contribution is -2.29. The molecular formula is C51H95O8P. The topological polar surface area (TPSA) is 119 Å². The molecule has 9 heteroatoms. The number of phosphoric ester groups is 1. The van der Waals surface area contributed by atoms with E-state index in [0.29, 0.717) is 12.8 Å². The number of ether oxygens (including phenoxy) is 2. The number of rotatable bonds is 47. The minimum absolute atomic E-state index is 0.203. The number of carbonyl (C=O) groups excluding carboxylic acids is 2. The molecule has 0 amide bonds. The van der Waals surface area contributed by atoms with Gasteiger partial charge in [0.2, 0.25) is 0 Å². The van der Waals surface area contributed by atoms with Crippen molar-refractivity contribution in [3.63, 3.8) is 0 Å². The Bertz CT molecular complexity index is 1070. The summed E-state index contributed by atoms with van der Waals surface area (Å²) < 4.78 is 26.5. The van der Waals surface area contributed by atoms with Gasteiger partial charge in [-0.3, -0.25) is 14.1 Å². The average Bonchev–Trinajstić information content (AvgIpc) is 3.22. The zero-order valence-corrected chi connectivity index (χ0v) is 40.0. The molecule has 1 atom stereocenters. The van der Waals surface area contributed by atoms with Gasteiger partial charge in [-0.1, -0.05) is 211 Å². The van der Waals surface area contributed by atoms with Gasteiger partial charge in [-0.2, -0.15) is 0 Å². The first-order chi connectivity index (χ1) is 29.3. The minimum atomic E-state index is -4.77. The van der Waals surface area contributed by atoms with Gasteiger partial charge in [-0.05, 0) is 70.6 Å². The number of carbonyl (C=O) groups is 2. The van der Waals surface area contributed by atoms with Gasteiger partial charge >= 0.3 is 19.8 Å². The molecule has 352 valence electrons. The van der Waals surface area contributed by atoms with E-state index in [2.05, 4.69) is 54.8 Å². The lowest BCUT2D eigenvalue weighted by atomic mass is 10.0. The minimum Gasteiger partial charge on any atom is -0.462 e. The van der Waals surface area contributed by atoms with Crippen molar-refractivity contribution in [1.29, 1.82) is 0 Å². The van der Waals surface area contributed by atoms with Crippen LogP contribution in [0, 0.1) is 0 Å². The molecule has 8 nitrogen and oxygen atoms in total. The van der Waals surface area contributed by atoms with Crippen LogP contribution in [0.25, 0.3) is 0 Å². The van der Waals surface area contributed by atoms with Crippen LogP contribution in [0.4, 0.5) is 0 Å². The monoisotopic (exact) mass is 867 g/mol. The molecule has 2 N–H and O–H groups in total. The molecule has 0 radical (unpaired) electrons. The Morgan fingerprint density at radius 3 is 1.12 bits per heavy atom. The highest BCUT2D eigenvalue weighted by Gasteiger charge is 2.23. The first-order valence-corrected chi connectivity index (χ1v) is 26.8. The predicted molar refractivity (Wildman–Crippen MR) is 253 cm³/mol. The van der Waals surface area contributed by atoms with Crippen LogP contribution in [0.1, 0.15) is 258 Å². The molecule has 0 heterocycles. The normalized spacial score (nSPS) is 12.7. The Labute approximate surface area is 370 Å². The smallest absolute Gasteiger partial charge is 0.462 e. The Hall–Kier alpha value is -1.73. The van der Waals surface area contributed by atoms with Crippen LogP contribution in [-0.2, 0) is 28.2 Å². The largest absolute Gasteiger partial charge is 0.469 e. The van der Waals surface area contributed by atoms with Crippen molar-refractivity contribution in [2.24, 2.45) is 0 Å². The molecule has 0 aliphatic carbocycles. The van der Waals surface area contributed by atoms with E-state index in [1.54, 1.807) is 0 Å². The molecule has 60 heavy (non-hydrogen) atoms. The van der Waals surface area contributed by atoms with Gasteiger partial charge in [-0.15, -0.1) is 0 Å². The van der Waals surface area contributed by atoms with Crippen LogP contribution >= 0.6 is 7.82 Å². The maximum atomic E-state index is 12.5. The van der Waals surface area contributed by atoms with Gasteiger partial charge in [0.15, 0.2) is 6.10 Å². The second-order valence-corrected chi connectivity index (χ2v) is 18.4.